The van der Waals surface area contributed by atoms with Crippen molar-refractivity contribution >= 4 is 17.6 Å². The van der Waals surface area contributed by atoms with E-state index in [9.17, 15) is 4.79 Å². The number of ether oxygens (including phenoxy) is 1. The molecule has 1 aromatic carbocycles. The van der Waals surface area contributed by atoms with Gasteiger partial charge in [-0.15, -0.1) is 0 Å². The number of rotatable bonds is 4. The second-order valence-electron chi connectivity index (χ2n) is 5.72. The lowest BCUT2D eigenvalue weighted by atomic mass is 9.88. The molecule has 21 heavy (non-hydrogen) atoms. The van der Waals surface area contributed by atoms with Crippen LogP contribution in [0, 0.1) is 5.41 Å². The Bertz CT molecular complexity index is 635. The average molecular weight is 285 g/mol. The lowest BCUT2D eigenvalue weighted by molar-refractivity contribution is -0.120. The van der Waals surface area contributed by atoms with E-state index in [1.54, 1.807) is 7.11 Å². The van der Waals surface area contributed by atoms with Crippen LogP contribution in [0.5, 0.6) is 5.75 Å². The maximum atomic E-state index is 12.6. The number of ketones is 1. The van der Waals surface area contributed by atoms with Crippen molar-refractivity contribution in [3.05, 3.63) is 42.5 Å². The monoisotopic (exact) mass is 285 g/mol. The highest BCUT2D eigenvalue weighted by Gasteiger charge is 2.26. The summed E-state index contributed by atoms with van der Waals surface area (Å²) >= 11 is 0. The Balaban J connectivity index is 2.44. The van der Waals surface area contributed by atoms with E-state index in [4.69, 9.17) is 4.74 Å². The number of hydrogen-bond donors (Lipinski definition) is 0. The molecule has 0 aliphatic rings. The number of hydrogen-bond acceptors (Lipinski definition) is 4. The number of methoxy groups -OCH3 is 1. The minimum atomic E-state index is -0.496. The summed E-state index contributed by atoms with van der Waals surface area (Å²) in [6.45, 7) is 5.65. The Labute approximate surface area is 124 Å². The number of allylic oxidation sites excluding steroid dienone is 1. The third-order valence-electron chi connectivity index (χ3n) is 3.00. The van der Waals surface area contributed by atoms with E-state index in [2.05, 4.69) is 10.1 Å². The van der Waals surface area contributed by atoms with E-state index in [0.29, 0.717) is 5.70 Å². The van der Waals surface area contributed by atoms with Crippen molar-refractivity contribution in [3.8, 4) is 5.75 Å². The van der Waals surface area contributed by atoms with Crippen molar-refractivity contribution in [2.24, 2.45) is 5.41 Å². The summed E-state index contributed by atoms with van der Waals surface area (Å²) in [4.78, 5) is 16.5. The summed E-state index contributed by atoms with van der Waals surface area (Å²) in [6.07, 6.45) is 4.75. The van der Waals surface area contributed by atoms with Crippen LogP contribution in [0.15, 0.2) is 36.9 Å². The van der Waals surface area contributed by atoms with Crippen LogP contribution in [0.3, 0.4) is 0 Å². The predicted octanol–water partition coefficient (Wildman–Crippen LogP) is 2.90. The Morgan fingerprint density at radius 2 is 1.90 bits per heavy atom. The summed E-state index contributed by atoms with van der Waals surface area (Å²) in [5, 5.41) is 4.07. The van der Waals surface area contributed by atoms with E-state index in [1.807, 2.05) is 51.1 Å². The van der Waals surface area contributed by atoms with Gasteiger partial charge in [-0.05, 0) is 23.8 Å². The zero-order valence-electron chi connectivity index (χ0n) is 12.7. The number of nitrogens with zero attached hydrogens (tertiary/aromatic N) is 3. The molecule has 0 atom stereocenters. The van der Waals surface area contributed by atoms with Crippen molar-refractivity contribution in [2.75, 3.05) is 7.11 Å². The van der Waals surface area contributed by atoms with Crippen LogP contribution >= 0.6 is 0 Å². The summed E-state index contributed by atoms with van der Waals surface area (Å²) in [6, 6.07) is 7.50. The smallest absolute Gasteiger partial charge is 0.186 e. The molecule has 0 fully saturated rings. The van der Waals surface area contributed by atoms with Crippen LogP contribution in [-0.2, 0) is 4.79 Å². The van der Waals surface area contributed by atoms with E-state index < -0.39 is 5.41 Å². The molecule has 5 heteroatoms. The average Bonchev–Trinajstić information content (AvgIpc) is 2.97. The van der Waals surface area contributed by atoms with Gasteiger partial charge in [0.15, 0.2) is 5.78 Å². The fraction of sp³-hybridized carbons (Fsp3) is 0.312. The summed E-state index contributed by atoms with van der Waals surface area (Å²) in [5.74, 6) is 0.778. The molecule has 0 aliphatic heterocycles. The van der Waals surface area contributed by atoms with Crippen molar-refractivity contribution in [2.45, 2.75) is 20.8 Å². The van der Waals surface area contributed by atoms with Gasteiger partial charge in [0.05, 0.1) is 7.11 Å². The summed E-state index contributed by atoms with van der Waals surface area (Å²) in [7, 11) is 1.62. The molecule has 0 aliphatic carbocycles. The molecule has 2 rings (SSSR count). The van der Waals surface area contributed by atoms with Gasteiger partial charge in [0, 0.05) is 5.41 Å². The van der Waals surface area contributed by atoms with E-state index >= 15 is 0 Å². The first kappa shape index (κ1) is 15.0. The molecule has 0 amide bonds. The Morgan fingerprint density at radius 1 is 1.24 bits per heavy atom. The maximum Gasteiger partial charge on any atom is 0.186 e. The Kier molecular flexibility index (Phi) is 4.21. The maximum absolute atomic E-state index is 12.6. The van der Waals surface area contributed by atoms with Crippen LogP contribution < -0.4 is 4.74 Å². The first-order valence-corrected chi connectivity index (χ1v) is 6.67. The predicted molar refractivity (Wildman–Crippen MR) is 81.6 cm³/mol. The molecule has 1 heterocycles. The largest absolute Gasteiger partial charge is 0.497 e. The molecule has 110 valence electrons. The number of carbonyl (C=O) groups excluding carboxylic acids is 1. The lowest BCUT2D eigenvalue weighted by Gasteiger charge is -2.18. The number of carbonyl (C=O) groups is 1. The van der Waals surface area contributed by atoms with E-state index in [1.165, 1.54) is 17.3 Å². The van der Waals surface area contributed by atoms with Gasteiger partial charge in [-0.1, -0.05) is 32.9 Å². The normalized spacial score (nSPS) is 12.3. The second kappa shape index (κ2) is 5.91. The molecule has 0 spiro atoms. The number of Topliss-reactive ketones (excluding diaryl/α,β-unsaturated/α-hetero) is 1. The molecule has 0 saturated carbocycles. The fourth-order valence-electron chi connectivity index (χ4n) is 1.81. The van der Waals surface area contributed by atoms with Crippen LogP contribution in [-0.4, -0.2) is 27.7 Å². The Morgan fingerprint density at radius 3 is 2.38 bits per heavy atom. The zero-order valence-corrected chi connectivity index (χ0v) is 12.7. The molecule has 0 saturated heterocycles. The van der Waals surface area contributed by atoms with Gasteiger partial charge in [0.25, 0.3) is 0 Å². The summed E-state index contributed by atoms with van der Waals surface area (Å²) < 4.78 is 6.63. The molecule has 5 nitrogen and oxygen atoms in total. The Hall–Kier alpha value is -2.43. The van der Waals surface area contributed by atoms with Gasteiger partial charge in [-0.25, -0.2) is 9.67 Å². The van der Waals surface area contributed by atoms with Gasteiger partial charge in [0.2, 0.25) is 0 Å². The lowest BCUT2D eigenvalue weighted by Crippen LogP contribution is -2.24. The van der Waals surface area contributed by atoms with Crippen LogP contribution in [0.4, 0.5) is 0 Å². The molecule has 0 unspecified atom stereocenters. The van der Waals surface area contributed by atoms with Crippen molar-refractivity contribution in [3.63, 3.8) is 0 Å². The van der Waals surface area contributed by atoms with Crippen LogP contribution in [0.2, 0.25) is 0 Å². The fourth-order valence-corrected chi connectivity index (χ4v) is 1.81. The molecule has 1 aromatic heterocycles. The minimum absolute atomic E-state index is 0.00354. The molecular weight excluding hydrogens is 266 g/mol. The van der Waals surface area contributed by atoms with Crippen molar-refractivity contribution < 1.29 is 9.53 Å². The number of benzene rings is 1. The third kappa shape index (κ3) is 3.56. The molecular formula is C16H19N3O2. The van der Waals surface area contributed by atoms with E-state index in [-0.39, 0.29) is 5.78 Å². The van der Waals surface area contributed by atoms with Crippen LogP contribution in [0.1, 0.15) is 26.3 Å². The highest BCUT2D eigenvalue weighted by molar-refractivity contribution is 6.21. The SMILES string of the molecule is COc1ccc(/C=C(\C(=O)C(C)(C)C)n2cncn2)cc1. The van der Waals surface area contributed by atoms with Gasteiger partial charge in [-0.2, -0.15) is 5.10 Å². The van der Waals surface area contributed by atoms with Gasteiger partial charge < -0.3 is 4.74 Å². The molecule has 0 radical (unpaired) electrons. The molecule has 0 N–H and O–H groups in total. The van der Waals surface area contributed by atoms with Crippen molar-refractivity contribution in [1.82, 2.24) is 14.8 Å². The quantitative estimate of drug-likeness (QED) is 0.810. The molecule has 2 aromatic rings. The molecule has 0 bridgehead atoms. The topological polar surface area (TPSA) is 57.0 Å². The third-order valence-corrected chi connectivity index (χ3v) is 3.00. The van der Waals surface area contributed by atoms with E-state index in [0.717, 1.165) is 11.3 Å². The number of aromatic nitrogens is 3. The minimum Gasteiger partial charge on any atom is -0.497 e. The highest BCUT2D eigenvalue weighted by atomic mass is 16.5. The highest BCUT2D eigenvalue weighted by Crippen LogP contribution is 2.24. The first-order chi connectivity index (χ1) is 9.91. The van der Waals surface area contributed by atoms with Gasteiger partial charge in [-0.3, -0.25) is 4.79 Å². The van der Waals surface area contributed by atoms with Gasteiger partial charge >= 0.3 is 0 Å². The van der Waals surface area contributed by atoms with Crippen molar-refractivity contribution in [1.29, 1.82) is 0 Å². The zero-order chi connectivity index (χ0) is 15.5. The van der Waals surface area contributed by atoms with Gasteiger partial charge in [0.1, 0.15) is 24.1 Å². The standard InChI is InChI=1S/C16H19N3O2/c1-16(2,3)15(20)14(19-11-17-10-18-19)9-12-5-7-13(21-4)8-6-12/h5-11H,1-4H3/b14-9+. The first-order valence-electron chi connectivity index (χ1n) is 6.67. The second-order valence-corrected chi connectivity index (χ2v) is 5.72. The summed E-state index contributed by atoms with van der Waals surface area (Å²) in [5.41, 5.74) is 0.897. The van der Waals surface area contributed by atoms with Crippen LogP contribution in [0.25, 0.3) is 11.8 Å².